The zero-order valence-electron chi connectivity index (χ0n) is 17.6. The fourth-order valence-corrected chi connectivity index (χ4v) is 4.84. The summed E-state index contributed by atoms with van der Waals surface area (Å²) in [6.07, 6.45) is 7.31. The van der Waals surface area contributed by atoms with Crippen LogP contribution in [0.2, 0.25) is 0 Å². The average Bonchev–Trinajstić information content (AvgIpc) is 2.65. The summed E-state index contributed by atoms with van der Waals surface area (Å²) in [5.74, 6) is -0.203. The molecule has 8 atom stereocenters. The molecule has 1 unspecified atom stereocenters. The maximum Gasteiger partial charge on any atom is 0.308 e. The van der Waals surface area contributed by atoms with Crippen LogP contribution in [-0.2, 0) is 19.1 Å². The Hall–Kier alpha value is -1.66. The Balaban J connectivity index is 1.74. The molecule has 3 rings (SSSR count). The van der Waals surface area contributed by atoms with Crippen LogP contribution in [0.5, 0.6) is 0 Å². The molecular formula is C23H34O6. The topological polar surface area (TPSA) is 93.1 Å². The molecule has 0 saturated carbocycles. The molecule has 2 N–H and O–H groups in total. The molecule has 1 heterocycles. The molecule has 2 aliphatic carbocycles. The summed E-state index contributed by atoms with van der Waals surface area (Å²) in [7, 11) is 0. The second kappa shape index (κ2) is 9.43. The first-order chi connectivity index (χ1) is 13.8. The van der Waals surface area contributed by atoms with Crippen molar-refractivity contribution in [3.63, 3.8) is 0 Å². The number of aliphatic hydroxyl groups is 2. The number of allylic oxidation sites excluding steroid dienone is 2. The van der Waals surface area contributed by atoms with E-state index in [4.69, 9.17) is 9.47 Å². The minimum Gasteiger partial charge on any atom is -0.462 e. The maximum atomic E-state index is 12.5. The van der Waals surface area contributed by atoms with Crippen LogP contribution in [0.1, 0.15) is 59.3 Å². The van der Waals surface area contributed by atoms with Gasteiger partial charge in [0.1, 0.15) is 12.2 Å². The smallest absolute Gasteiger partial charge is 0.308 e. The molecule has 29 heavy (non-hydrogen) atoms. The van der Waals surface area contributed by atoms with E-state index in [-0.39, 0.29) is 54.2 Å². The molecule has 1 saturated heterocycles. The average molecular weight is 407 g/mol. The number of esters is 2. The van der Waals surface area contributed by atoms with Gasteiger partial charge in [0.25, 0.3) is 0 Å². The number of carbonyl (C=O) groups excluding carboxylic acids is 2. The molecule has 0 spiro atoms. The van der Waals surface area contributed by atoms with E-state index in [1.165, 1.54) is 0 Å². The standard InChI is InChI=1S/C23H34O6/c1-4-13(2)23(27)29-20-11-16(24)9-15-6-5-14(3)19(22(15)20)8-7-18-10-17(25)12-21(26)28-18/h5-6,9,13-14,16-20,22,24-25H,4,7-8,10-12H2,1-3H3/t13-,14-,16+,17-,18?,19-,20-,22-/m0/s1. The van der Waals surface area contributed by atoms with E-state index in [2.05, 4.69) is 13.0 Å². The van der Waals surface area contributed by atoms with Crippen molar-refractivity contribution in [2.24, 2.45) is 23.7 Å². The number of rotatable bonds is 6. The second-order valence-electron chi connectivity index (χ2n) is 8.95. The lowest BCUT2D eigenvalue weighted by Gasteiger charge is -2.43. The number of hydrogen-bond acceptors (Lipinski definition) is 6. The predicted octanol–water partition coefficient (Wildman–Crippen LogP) is 2.92. The molecule has 0 aromatic heterocycles. The lowest BCUT2D eigenvalue weighted by atomic mass is 9.66. The zero-order valence-corrected chi connectivity index (χ0v) is 17.6. The molecule has 1 fully saturated rings. The molecule has 0 aromatic rings. The van der Waals surface area contributed by atoms with E-state index in [0.717, 1.165) is 18.4 Å². The minimum absolute atomic E-state index is 0.0237. The van der Waals surface area contributed by atoms with Crippen molar-refractivity contribution in [1.82, 2.24) is 0 Å². The summed E-state index contributed by atoms with van der Waals surface area (Å²) < 4.78 is 11.3. The summed E-state index contributed by atoms with van der Waals surface area (Å²) in [4.78, 5) is 24.1. The summed E-state index contributed by atoms with van der Waals surface area (Å²) in [6.45, 7) is 5.97. The largest absolute Gasteiger partial charge is 0.462 e. The second-order valence-corrected chi connectivity index (χ2v) is 8.95. The fourth-order valence-electron chi connectivity index (χ4n) is 4.84. The highest BCUT2D eigenvalue weighted by atomic mass is 16.6. The van der Waals surface area contributed by atoms with Gasteiger partial charge in [-0.2, -0.15) is 0 Å². The molecule has 6 nitrogen and oxygen atoms in total. The molecule has 0 aromatic carbocycles. The lowest BCUT2D eigenvalue weighted by molar-refractivity contribution is -0.162. The van der Waals surface area contributed by atoms with Crippen molar-refractivity contribution in [2.75, 3.05) is 0 Å². The van der Waals surface area contributed by atoms with Gasteiger partial charge < -0.3 is 19.7 Å². The van der Waals surface area contributed by atoms with E-state index < -0.39 is 12.2 Å². The van der Waals surface area contributed by atoms with Gasteiger partial charge >= 0.3 is 11.9 Å². The first kappa shape index (κ1) is 22.0. The highest BCUT2D eigenvalue weighted by Crippen LogP contribution is 2.44. The van der Waals surface area contributed by atoms with Crippen molar-refractivity contribution in [3.8, 4) is 0 Å². The van der Waals surface area contributed by atoms with E-state index in [1.807, 2.05) is 26.0 Å². The normalized spacial score (nSPS) is 37.9. The van der Waals surface area contributed by atoms with Crippen molar-refractivity contribution in [1.29, 1.82) is 0 Å². The zero-order chi connectivity index (χ0) is 21.1. The van der Waals surface area contributed by atoms with Crippen LogP contribution in [0.15, 0.2) is 23.8 Å². The van der Waals surface area contributed by atoms with E-state index in [9.17, 15) is 19.8 Å². The van der Waals surface area contributed by atoms with Crippen molar-refractivity contribution in [2.45, 2.75) is 83.7 Å². The molecule has 0 amide bonds. The number of hydrogen-bond donors (Lipinski definition) is 2. The first-order valence-electron chi connectivity index (χ1n) is 10.9. The number of fused-ring (bicyclic) bond motifs is 1. The third-order valence-electron chi connectivity index (χ3n) is 6.71. The van der Waals surface area contributed by atoms with Gasteiger partial charge in [-0.25, -0.2) is 0 Å². The maximum absolute atomic E-state index is 12.5. The molecule has 3 aliphatic rings. The third-order valence-corrected chi connectivity index (χ3v) is 6.71. The van der Waals surface area contributed by atoms with Crippen LogP contribution in [0.4, 0.5) is 0 Å². The van der Waals surface area contributed by atoms with Gasteiger partial charge in [-0.3, -0.25) is 9.59 Å². The van der Waals surface area contributed by atoms with Crippen LogP contribution < -0.4 is 0 Å². The fraction of sp³-hybridized carbons (Fsp3) is 0.739. The third kappa shape index (κ3) is 5.28. The molecule has 1 aliphatic heterocycles. The van der Waals surface area contributed by atoms with Gasteiger partial charge in [-0.05, 0) is 36.7 Å². The van der Waals surface area contributed by atoms with Crippen LogP contribution in [-0.4, -0.2) is 46.6 Å². The summed E-state index contributed by atoms with van der Waals surface area (Å²) in [5, 5.41) is 20.2. The van der Waals surface area contributed by atoms with Gasteiger partial charge in [0.05, 0.1) is 24.5 Å². The Labute approximate surface area is 173 Å². The van der Waals surface area contributed by atoms with Gasteiger partial charge in [0.15, 0.2) is 0 Å². The van der Waals surface area contributed by atoms with Crippen LogP contribution in [0.3, 0.4) is 0 Å². The summed E-state index contributed by atoms with van der Waals surface area (Å²) >= 11 is 0. The van der Waals surface area contributed by atoms with Crippen LogP contribution >= 0.6 is 0 Å². The Kier molecular flexibility index (Phi) is 7.17. The number of carbonyl (C=O) groups is 2. The molecule has 6 heteroatoms. The Bertz CT molecular complexity index is 668. The van der Waals surface area contributed by atoms with Gasteiger partial charge in [-0.15, -0.1) is 0 Å². The van der Waals surface area contributed by atoms with Crippen molar-refractivity contribution >= 4 is 11.9 Å². The molecule has 162 valence electrons. The highest BCUT2D eigenvalue weighted by Gasteiger charge is 2.42. The SMILES string of the molecule is CC[C@H](C)C(=O)O[C@H]1C[C@H](O)C=C2C=C[C@H](C)[C@H](CCC3C[C@H](O)CC(=O)O3)[C@H]21. The van der Waals surface area contributed by atoms with Crippen LogP contribution in [0.25, 0.3) is 0 Å². The van der Waals surface area contributed by atoms with Crippen LogP contribution in [0, 0.1) is 23.7 Å². The minimum atomic E-state index is -0.630. The van der Waals surface area contributed by atoms with Gasteiger partial charge in [0, 0.05) is 18.8 Å². The van der Waals surface area contributed by atoms with Crippen molar-refractivity contribution < 1.29 is 29.3 Å². The number of cyclic esters (lactones) is 1. The van der Waals surface area contributed by atoms with Gasteiger partial charge in [0.2, 0.25) is 0 Å². The van der Waals surface area contributed by atoms with E-state index >= 15 is 0 Å². The lowest BCUT2D eigenvalue weighted by Crippen LogP contribution is -2.43. The van der Waals surface area contributed by atoms with E-state index in [1.54, 1.807) is 0 Å². The predicted molar refractivity (Wildman–Crippen MR) is 108 cm³/mol. The summed E-state index contributed by atoms with van der Waals surface area (Å²) in [6, 6.07) is 0. The first-order valence-corrected chi connectivity index (χ1v) is 10.9. The van der Waals surface area contributed by atoms with Gasteiger partial charge in [-0.1, -0.05) is 39.0 Å². The van der Waals surface area contributed by atoms with Crippen molar-refractivity contribution in [3.05, 3.63) is 23.8 Å². The Morgan fingerprint density at radius 3 is 2.76 bits per heavy atom. The quantitative estimate of drug-likeness (QED) is 0.659. The monoisotopic (exact) mass is 406 g/mol. The number of aliphatic hydroxyl groups excluding tert-OH is 2. The highest BCUT2D eigenvalue weighted by molar-refractivity contribution is 5.72. The summed E-state index contributed by atoms with van der Waals surface area (Å²) in [5.41, 5.74) is 1.02. The molecular weight excluding hydrogens is 372 g/mol. The number of ether oxygens (including phenoxy) is 2. The Morgan fingerprint density at radius 1 is 1.31 bits per heavy atom. The molecule has 0 bridgehead atoms. The Morgan fingerprint density at radius 2 is 2.07 bits per heavy atom. The molecule has 0 radical (unpaired) electrons. The van der Waals surface area contributed by atoms with E-state index in [0.29, 0.717) is 19.3 Å².